The van der Waals surface area contributed by atoms with Gasteiger partial charge in [0.15, 0.2) is 0 Å². The maximum Gasteiger partial charge on any atom is 0.0575 e. The molecular formula is C11H23NO. The highest BCUT2D eigenvalue weighted by Gasteiger charge is 2.19. The van der Waals surface area contributed by atoms with Crippen LogP contribution >= 0.6 is 0 Å². The van der Waals surface area contributed by atoms with Gasteiger partial charge >= 0.3 is 0 Å². The van der Waals surface area contributed by atoms with E-state index in [0.29, 0.717) is 6.10 Å². The molecule has 1 atom stereocenters. The number of ether oxygens (including phenoxy) is 1. The fourth-order valence-electron chi connectivity index (χ4n) is 2.09. The predicted molar refractivity (Wildman–Crippen MR) is 55.7 cm³/mol. The molecule has 0 aromatic rings. The van der Waals surface area contributed by atoms with Gasteiger partial charge in [-0.15, -0.1) is 0 Å². The summed E-state index contributed by atoms with van der Waals surface area (Å²) in [5.74, 6) is 0.812. The highest BCUT2D eigenvalue weighted by atomic mass is 16.5. The van der Waals surface area contributed by atoms with Gasteiger partial charge in [0.05, 0.1) is 6.10 Å². The molecule has 0 aromatic heterocycles. The lowest BCUT2D eigenvalue weighted by atomic mass is 9.86. The van der Waals surface area contributed by atoms with E-state index in [0.717, 1.165) is 25.5 Å². The molecule has 0 aromatic carbocycles. The Labute approximate surface area is 81.8 Å². The lowest BCUT2D eigenvalue weighted by molar-refractivity contribution is 0.0125. The first-order valence-corrected chi connectivity index (χ1v) is 5.66. The van der Waals surface area contributed by atoms with Gasteiger partial charge in [0, 0.05) is 6.61 Å². The van der Waals surface area contributed by atoms with Crippen molar-refractivity contribution in [2.45, 2.75) is 51.6 Å². The molecule has 2 heteroatoms. The second kappa shape index (κ2) is 6.39. The van der Waals surface area contributed by atoms with Crippen LogP contribution in [-0.2, 0) is 4.74 Å². The van der Waals surface area contributed by atoms with E-state index >= 15 is 0 Å². The lowest BCUT2D eigenvalue weighted by Crippen LogP contribution is -2.24. The van der Waals surface area contributed by atoms with Crippen LogP contribution in [0, 0.1) is 5.92 Å². The molecule has 1 aliphatic carbocycles. The number of hydrogen-bond donors (Lipinski definition) is 1. The first kappa shape index (κ1) is 11.0. The van der Waals surface area contributed by atoms with Crippen molar-refractivity contribution in [3.63, 3.8) is 0 Å². The van der Waals surface area contributed by atoms with E-state index < -0.39 is 0 Å². The summed E-state index contributed by atoms with van der Waals surface area (Å²) in [6, 6.07) is 0. The van der Waals surface area contributed by atoms with Gasteiger partial charge in [-0.3, -0.25) is 0 Å². The third-order valence-electron chi connectivity index (χ3n) is 3.04. The zero-order valence-corrected chi connectivity index (χ0v) is 8.80. The van der Waals surface area contributed by atoms with Crippen molar-refractivity contribution in [1.82, 2.24) is 0 Å². The maximum atomic E-state index is 5.74. The highest BCUT2D eigenvalue weighted by Crippen LogP contribution is 2.27. The molecule has 0 spiro atoms. The normalized spacial score (nSPS) is 21.7. The first-order valence-electron chi connectivity index (χ1n) is 5.66. The Balaban J connectivity index is 2.09. The SMILES string of the molecule is CC(OCCCN)C1CCCCC1. The van der Waals surface area contributed by atoms with Gasteiger partial charge in [0.25, 0.3) is 0 Å². The van der Waals surface area contributed by atoms with Crippen LogP contribution in [0.5, 0.6) is 0 Å². The van der Waals surface area contributed by atoms with E-state index in [1.165, 1.54) is 32.1 Å². The van der Waals surface area contributed by atoms with Crippen LogP contribution in [0.25, 0.3) is 0 Å². The molecule has 0 amide bonds. The van der Waals surface area contributed by atoms with Gasteiger partial charge < -0.3 is 10.5 Å². The van der Waals surface area contributed by atoms with Crippen LogP contribution in [0.2, 0.25) is 0 Å². The van der Waals surface area contributed by atoms with Crippen molar-refractivity contribution >= 4 is 0 Å². The molecule has 2 nitrogen and oxygen atoms in total. The summed E-state index contributed by atoms with van der Waals surface area (Å²) >= 11 is 0. The molecule has 0 heterocycles. The summed E-state index contributed by atoms with van der Waals surface area (Å²) in [4.78, 5) is 0. The molecule has 1 unspecified atom stereocenters. The van der Waals surface area contributed by atoms with Gasteiger partial charge in [-0.1, -0.05) is 19.3 Å². The molecule has 0 aliphatic heterocycles. The molecule has 2 N–H and O–H groups in total. The van der Waals surface area contributed by atoms with E-state index in [1.807, 2.05) is 0 Å². The molecular weight excluding hydrogens is 162 g/mol. The zero-order valence-electron chi connectivity index (χ0n) is 8.80. The summed E-state index contributed by atoms with van der Waals surface area (Å²) in [6.07, 6.45) is 8.40. The molecule has 1 saturated carbocycles. The van der Waals surface area contributed by atoms with E-state index in [9.17, 15) is 0 Å². The monoisotopic (exact) mass is 185 g/mol. The van der Waals surface area contributed by atoms with Crippen LogP contribution < -0.4 is 5.73 Å². The predicted octanol–water partition coefficient (Wildman–Crippen LogP) is 2.32. The van der Waals surface area contributed by atoms with E-state index in [2.05, 4.69) is 6.92 Å². The number of hydrogen-bond acceptors (Lipinski definition) is 2. The first-order chi connectivity index (χ1) is 6.34. The highest BCUT2D eigenvalue weighted by molar-refractivity contribution is 4.71. The van der Waals surface area contributed by atoms with Crippen molar-refractivity contribution in [3.05, 3.63) is 0 Å². The minimum absolute atomic E-state index is 0.451. The van der Waals surface area contributed by atoms with Gasteiger partial charge in [-0.05, 0) is 38.6 Å². The van der Waals surface area contributed by atoms with Crippen molar-refractivity contribution in [2.75, 3.05) is 13.2 Å². The van der Waals surface area contributed by atoms with Crippen LogP contribution in [0.3, 0.4) is 0 Å². The molecule has 0 radical (unpaired) electrons. The number of rotatable bonds is 5. The topological polar surface area (TPSA) is 35.2 Å². The minimum Gasteiger partial charge on any atom is -0.378 e. The zero-order chi connectivity index (χ0) is 9.52. The van der Waals surface area contributed by atoms with Gasteiger partial charge in [0.2, 0.25) is 0 Å². The van der Waals surface area contributed by atoms with E-state index in [1.54, 1.807) is 0 Å². The standard InChI is InChI=1S/C11H23NO/c1-10(13-9-5-8-12)11-6-3-2-4-7-11/h10-11H,2-9,12H2,1H3. The van der Waals surface area contributed by atoms with Gasteiger partial charge in [0.1, 0.15) is 0 Å². The third-order valence-corrected chi connectivity index (χ3v) is 3.04. The Kier molecular flexibility index (Phi) is 5.40. The Morgan fingerprint density at radius 2 is 2.00 bits per heavy atom. The fourth-order valence-corrected chi connectivity index (χ4v) is 2.09. The third kappa shape index (κ3) is 4.10. The van der Waals surface area contributed by atoms with Crippen LogP contribution in [0.15, 0.2) is 0 Å². The smallest absolute Gasteiger partial charge is 0.0575 e. The quantitative estimate of drug-likeness (QED) is 0.667. The molecule has 0 saturated heterocycles. The summed E-state index contributed by atoms with van der Waals surface area (Å²) in [5.41, 5.74) is 5.41. The molecule has 0 bridgehead atoms. The average Bonchev–Trinajstić information content (AvgIpc) is 2.19. The Morgan fingerprint density at radius 1 is 1.31 bits per heavy atom. The Bertz CT molecular complexity index is 121. The van der Waals surface area contributed by atoms with Crippen LogP contribution in [0.4, 0.5) is 0 Å². The Morgan fingerprint density at radius 3 is 2.62 bits per heavy atom. The van der Waals surface area contributed by atoms with Crippen LogP contribution in [0.1, 0.15) is 45.4 Å². The molecule has 13 heavy (non-hydrogen) atoms. The summed E-state index contributed by atoms with van der Waals surface area (Å²) in [5, 5.41) is 0. The lowest BCUT2D eigenvalue weighted by Gasteiger charge is -2.27. The molecule has 1 rings (SSSR count). The van der Waals surface area contributed by atoms with Crippen LogP contribution in [-0.4, -0.2) is 19.3 Å². The molecule has 78 valence electrons. The van der Waals surface area contributed by atoms with Crippen molar-refractivity contribution in [1.29, 1.82) is 0 Å². The van der Waals surface area contributed by atoms with Gasteiger partial charge in [-0.2, -0.15) is 0 Å². The van der Waals surface area contributed by atoms with Crippen molar-refractivity contribution in [3.8, 4) is 0 Å². The second-order valence-electron chi connectivity index (χ2n) is 4.12. The fraction of sp³-hybridized carbons (Fsp3) is 1.00. The van der Waals surface area contributed by atoms with Crippen molar-refractivity contribution < 1.29 is 4.74 Å². The number of nitrogens with two attached hydrogens (primary N) is 1. The Hall–Kier alpha value is -0.0800. The minimum atomic E-state index is 0.451. The molecule has 1 aliphatic rings. The van der Waals surface area contributed by atoms with Gasteiger partial charge in [-0.25, -0.2) is 0 Å². The largest absolute Gasteiger partial charge is 0.378 e. The summed E-state index contributed by atoms with van der Waals surface area (Å²) in [7, 11) is 0. The summed E-state index contributed by atoms with van der Waals surface area (Å²) in [6.45, 7) is 3.80. The van der Waals surface area contributed by atoms with Crippen molar-refractivity contribution in [2.24, 2.45) is 11.7 Å². The molecule has 1 fully saturated rings. The maximum absolute atomic E-state index is 5.74. The second-order valence-corrected chi connectivity index (χ2v) is 4.12. The van der Waals surface area contributed by atoms with E-state index in [-0.39, 0.29) is 0 Å². The summed E-state index contributed by atoms with van der Waals surface area (Å²) < 4.78 is 5.74. The van der Waals surface area contributed by atoms with E-state index in [4.69, 9.17) is 10.5 Å². The average molecular weight is 185 g/mol.